The van der Waals surface area contributed by atoms with Crippen LogP contribution in [0.4, 0.5) is 27.8 Å². The van der Waals surface area contributed by atoms with Crippen LogP contribution in [0.2, 0.25) is 0 Å². The Hall–Kier alpha value is -7.49. The van der Waals surface area contributed by atoms with Gasteiger partial charge in [-0.25, -0.2) is 14.6 Å². The number of likely N-dealkylation sites (tertiary alicyclic amines) is 1. The molecule has 4 fully saturated rings. The van der Waals surface area contributed by atoms with Crippen LogP contribution in [-0.2, 0) is 34.5 Å². The molecule has 1 aliphatic carbocycles. The summed E-state index contributed by atoms with van der Waals surface area (Å²) in [7, 11) is 5.09. The maximum absolute atomic E-state index is 14.0. The number of carbonyl (C=O) groups excluding carboxylic acids is 4. The monoisotopic (exact) mass is 913 g/mol. The number of fused-ring (bicyclic) bond motifs is 3. The van der Waals surface area contributed by atoms with Gasteiger partial charge in [-0.3, -0.25) is 42.9 Å². The number of para-hydroxylation sites is 1. The lowest BCUT2D eigenvalue weighted by atomic mass is 9.72. The van der Waals surface area contributed by atoms with E-state index in [9.17, 15) is 28.8 Å². The second kappa shape index (κ2) is 16.1. The molecule has 1 aromatic carbocycles. The summed E-state index contributed by atoms with van der Waals surface area (Å²) in [5.74, 6) is 0.224. The SMILES string of the molecule is CNc1cc(Nc2cccn(-c3cc4n(n3)CCN(C(=O)N3CC5(CCN(c6cccc7c6n(C)c(=O)n7C6CCC(=O)NC6=O)CC5)C3)C4)c2=O)nc2c(C(=O)N[C@@H]3CC[C@H]3OC)cnn12. The van der Waals surface area contributed by atoms with Gasteiger partial charge < -0.3 is 35.4 Å². The summed E-state index contributed by atoms with van der Waals surface area (Å²) in [4.78, 5) is 90.1. The summed E-state index contributed by atoms with van der Waals surface area (Å²) in [6, 6.07) is 11.8. The largest absolute Gasteiger partial charge is 0.379 e. The zero-order valence-electron chi connectivity index (χ0n) is 37.4. The maximum atomic E-state index is 14.0. The van der Waals surface area contributed by atoms with Crippen LogP contribution >= 0.6 is 0 Å². The Labute approximate surface area is 382 Å². The summed E-state index contributed by atoms with van der Waals surface area (Å²) >= 11 is 0. The number of amides is 5. The molecule has 3 saturated heterocycles. The van der Waals surface area contributed by atoms with E-state index in [1.807, 2.05) is 38.7 Å². The van der Waals surface area contributed by atoms with Gasteiger partial charge in [0.2, 0.25) is 11.8 Å². The van der Waals surface area contributed by atoms with Gasteiger partial charge in [-0.1, -0.05) is 6.07 Å². The van der Waals surface area contributed by atoms with Crippen molar-refractivity contribution in [2.75, 3.05) is 62.4 Å². The number of urea groups is 1. The van der Waals surface area contributed by atoms with E-state index in [2.05, 4.69) is 31.3 Å². The quantitative estimate of drug-likeness (QED) is 0.152. The molecule has 22 nitrogen and oxygen atoms in total. The highest BCUT2D eigenvalue weighted by Crippen LogP contribution is 2.43. The number of aromatic nitrogens is 8. The second-order valence-corrected chi connectivity index (χ2v) is 18.3. The van der Waals surface area contributed by atoms with Crippen molar-refractivity contribution in [3.63, 3.8) is 0 Å². The van der Waals surface area contributed by atoms with Gasteiger partial charge in [0.1, 0.15) is 28.9 Å². The smallest absolute Gasteiger partial charge is 0.329 e. The van der Waals surface area contributed by atoms with E-state index >= 15 is 0 Å². The molecule has 3 atom stereocenters. The van der Waals surface area contributed by atoms with E-state index in [0.717, 1.165) is 55.7 Å². The predicted octanol–water partition coefficient (Wildman–Crippen LogP) is 1.94. The third-order valence-electron chi connectivity index (χ3n) is 14.4. The molecule has 9 heterocycles. The summed E-state index contributed by atoms with van der Waals surface area (Å²) in [6.45, 7) is 4.13. The number of piperidine rings is 2. The molecule has 5 aliphatic rings. The molecule has 1 spiro atoms. The van der Waals surface area contributed by atoms with Gasteiger partial charge in [-0.15, -0.1) is 0 Å². The van der Waals surface area contributed by atoms with Crippen LogP contribution in [0, 0.1) is 5.41 Å². The van der Waals surface area contributed by atoms with Crippen molar-refractivity contribution in [2.45, 2.75) is 69.8 Å². The number of rotatable bonds is 9. The first-order valence-electron chi connectivity index (χ1n) is 22.7. The first-order chi connectivity index (χ1) is 32.4. The van der Waals surface area contributed by atoms with E-state index in [-0.39, 0.29) is 65.2 Å². The third-order valence-corrected chi connectivity index (χ3v) is 14.4. The fraction of sp³-hybridized carbons (Fsp3) is 0.444. The van der Waals surface area contributed by atoms with Gasteiger partial charge in [-0.2, -0.15) is 14.7 Å². The fourth-order valence-electron chi connectivity index (χ4n) is 10.5. The Morgan fingerprint density at radius 3 is 2.52 bits per heavy atom. The molecular weight excluding hydrogens is 863 g/mol. The minimum absolute atomic E-state index is 0.00502. The van der Waals surface area contributed by atoms with Crippen LogP contribution in [0.5, 0.6) is 0 Å². The van der Waals surface area contributed by atoms with E-state index in [0.29, 0.717) is 66.9 Å². The summed E-state index contributed by atoms with van der Waals surface area (Å²) in [6.07, 6.45) is 7.02. The molecule has 22 heteroatoms. The van der Waals surface area contributed by atoms with E-state index in [4.69, 9.17) is 14.8 Å². The summed E-state index contributed by atoms with van der Waals surface area (Å²) in [5, 5.41) is 20.8. The molecule has 4 N–H and O–H groups in total. The number of imide groups is 1. The van der Waals surface area contributed by atoms with E-state index in [1.54, 1.807) is 50.2 Å². The van der Waals surface area contributed by atoms with Crippen molar-refractivity contribution in [3.05, 3.63) is 87.0 Å². The van der Waals surface area contributed by atoms with E-state index < -0.39 is 11.9 Å². The van der Waals surface area contributed by atoms with Crippen molar-refractivity contribution in [2.24, 2.45) is 12.5 Å². The summed E-state index contributed by atoms with van der Waals surface area (Å²) in [5.41, 5.74) is 3.37. The number of imidazole rings is 1. The van der Waals surface area contributed by atoms with Crippen LogP contribution in [0.3, 0.4) is 0 Å². The van der Waals surface area contributed by atoms with Gasteiger partial charge in [0.05, 0.1) is 53.8 Å². The molecule has 0 bridgehead atoms. The molecule has 6 aromatic rings. The molecule has 348 valence electrons. The van der Waals surface area contributed by atoms with Crippen molar-refractivity contribution >= 4 is 63.4 Å². The molecule has 11 rings (SSSR count). The lowest BCUT2D eigenvalue weighted by molar-refractivity contribution is -0.135. The number of aryl methyl sites for hydroxylation is 1. The standard InChI is InChI=1S/C45H51N15O7/c1-46-35-21-34(50-39-27(22-47-60(35)39)40(62)49-28-9-11-33(28)67-3)48-29-6-5-15-57(42(29)64)36-20-26-23-55(18-19-58(26)52-36)44(66)56-24-45(25-56)13-16-54(17-14-45)30-7-4-8-31-38(30)53(2)43(65)59(31)32-10-12-37(61)51-41(32)63/h4-8,15,20-22,28,32-33,46H,9-14,16-19,23-25H2,1-3H3,(H,48,50)(H,49,62)(H,51,61,63)/t28-,32?,33-/m1/s1. The highest BCUT2D eigenvalue weighted by atomic mass is 16.5. The first-order valence-corrected chi connectivity index (χ1v) is 22.7. The number of methoxy groups -OCH3 is 1. The Kier molecular flexibility index (Phi) is 10.2. The molecule has 1 unspecified atom stereocenters. The molecule has 5 aromatic heterocycles. The van der Waals surface area contributed by atoms with Gasteiger partial charge in [0.25, 0.3) is 11.5 Å². The average Bonchev–Trinajstić information content (AvgIpc) is 4.01. The number of nitrogens with one attached hydrogen (secondary N) is 4. The normalized spacial score (nSPS) is 21.2. The Balaban J connectivity index is 0.736. The topological polar surface area (TPSA) is 232 Å². The lowest BCUT2D eigenvalue weighted by Gasteiger charge is -2.55. The fourth-order valence-corrected chi connectivity index (χ4v) is 10.5. The maximum Gasteiger partial charge on any atom is 0.329 e. The van der Waals surface area contributed by atoms with Gasteiger partial charge in [-0.05, 0) is 56.4 Å². The van der Waals surface area contributed by atoms with Gasteiger partial charge >= 0.3 is 11.7 Å². The van der Waals surface area contributed by atoms with Crippen molar-refractivity contribution in [1.29, 1.82) is 0 Å². The lowest BCUT2D eigenvalue weighted by Crippen LogP contribution is -2.64. The number of pyridine rings is 1. The minimum atomic E-state index is -0.749. The Morgan fingerprint density at radius 2 is 1.78 bits per heavy atom. The second-order valence-electron chi connectivity index (χ2n) is 18.3. The molecule has 67 heavy (non-hydrogen) atoms. The van der Waals surface area contributed by atoms with Gasteiger partial charge in [0, 0.05) is 84.1 Å². The molecule has 5 amide bonds. The van der Waals surface area contributed by atoms with Crippen LogP contribution in [-0.4, -0.2) is 131 Å². The van der Waals surface area contributed by atoms with Crippen LogP contribution in [0.15, 0.2) is 64.4 Å². The Morgan fingerprint density at radius 1 is 0.955 bits per heavy atom. The predicted molar refractivity (Wildman–Crippen MR) is 245 cm³/mol. The number of nitrogens with zero attached hydrogens (tertiary/aromatic N) is 11. The molecule has 4 aliphatic heterocycles. The number of hydrogen-bond donors (Lipinski definition) is 4. The number of benzene rings is 1. The number of carbonyl (C=O) groups is 4. The minimum Gasteiger partial charge on any atom is -0.379 e. The number of hydrogen-bond acceptors (Lipinski definition) is 13. The van der Waals surface area contributed by atoms with Crippen LogP contribution in [0.25, 0.3) is 22.5 Å². The number of ether oxygens (including phenoxy) is 1. The van der Waals surface area contributed by atoms with Crippen LogP contribution < -0.4 is 37.4 Å². The third kappa shape index (κ3) is 7.07. The van der Waals surface area contributed by atoms with Gasteiger partial charge in [0.15, 0.2) is 11.5 Å². The molecule has 1 saturated carbocycles. The van der Waals surface area contributed by atoms with Crippen molar-refractivity contribution in [1.82, 2.24) is 58.5 Å². The first kappa shape index (κ1) is 42.2. The number of anilines is 4. The molecular formula is C45H51N15O7. The highest BCUT2D eigenvalue weighted by Gasteiger charge is 2.48. The van der Waals surface area contributed by atoms with Crippen molar-refractivity contribution < 1.29 is 23.9 Å². The zero-order chi connectivity index (χ0) is 46.3. The summed E-state index contributed by atoms with van der Waals surface area (Å²) < 4.78 is 13.4. The van der Waals surface area contributed by atoms with E-state index in [1.165, 1.54) is 19.8 Å². The molecule has 0 radical (unpaired) electrons. The van der Waals surface area contributed by atoms with Crippen LogP contribution in [0.1, 0.15) is 60.6 Å². The Bertz CT molecular complexity index is 3130. The zero-order valence-corrected chi connectivity index (χ0v) is 37.4. The highest BCUT2D eigenvalue weighted by molar-refractivity contribution is 6.01. The van der Waals surface area contributed by atoms with Crippen molar-refractivity contribution in [3.8, 4) is 5.82 Å². The average molecular weight is 914 g/mol.